The smallest absolute Gasteiger partial charge is 0.269 e. The number of benzene rings is 1. The third kappa shape index (κ3) is 3.53. The molecule has 0 atom stereocenters. The van der Waals surface area contributed by atoms with Crippen LogP contribution < -0.4 is 5.32 Å². The maximum absolute atomic E-state index is 13.2. The normalized spacial score (nSPS) is 11.0. The molecule has 4 nitrogen and oxygen atoms in total. The van der Waals surface area contributed by atoms with Gasteiger partial charge in [0.2, 0.25) is 0 Å². The fourth-order valence-corrected chi connectivity index (χ4v) is 2.23. The number of aromatic nitrogens is 2. The van der Waals surface area contributed by atoms with Gasteiger partial charge in [-0.2, -0.15) is 5.10 Å². The molecular weight excluding hydrogens is 281 g/mol. The lowest BCUT2D eigenvalue weighted by molar-refractivity contribution is 0.0940. The molecule has 0 aliphatic carbocycles. The van der Waals surface area contributed by atoms with Gasteiger partial charge in [-0.25, -0.2) is 4.39 Å². The lowest BCUT2D eigenvalue weighted by Gasteiger charge is -2.07. The number of nitrogens with one attached hydrogen (secondary N) is 1. The summed E-state index contributed by atoms with van der Waals surface area (Å²) in [5, 5.41) is 7.30. The number of amides is 1. The highest BCUT2D eigenvalue weighted by Gasteiger charge is 2.15. The molecule has 0 spiro atoms. The van der Waals surface area contributed by atoms with Crippen molar-refractivity contribution in [2.45, 2.75) is 46.7 Å². The molecule has 0 aliphatic rings. The highest BCUT2D eigenvalue weighted by Crippen LogP contribution is 2.15. The lowest BCUT2D eigenvalue weighted by Crippen LogP contribution is -2.25. The number of hydrogen-bond acceptors (Lipinski definition) is 2. The number of hydrogen-bond donors (Lipinski definition) is 1. The molecule has 5 heteroatoms. The van der Waals surface area contributed by atoms with Crippen LogP contribution in [0.5, 0.6) is 0 Å². The van der Waals surface area contributed by atoms with E-state index in [2.05, 4.69) is 10.4 Å². The second kappa shape index (κ2) is 6.73. The summed E-state index contributed by atoms with van der Waals surface area (Å²) in [6, 6.07) is 6.68. The second-order valence-corrected chi connectivity index (χ2v) is 5.69. The summed E-state index contributed by atoms with van der Waals surface area (Å²) in [6.07, 6.45) is 0. The minimum atomic E-state index is -0.235. The Balaban J connectivity index is 2.10. The van der Waals surface area contributed by atoms with E-state index in [1.165, 1.54) is 6.07 Å². The van der Waals surface area contributed by atoms with E-state index in [1.807, 2.05) is 26.8 Å². The molecule has 1 aromatic heterocycles. The van der Waals surface area contributed by atoms with E-state index in [0.717, 1.165) is 11.3 Å². The number of aryl methyl sites for hydroxylation is 2. The quantitative estimate of drug-likeness (QED) is 0.920. The van der Waals surface area contributed by atoms with E-state index >= 15 is 0 Å². The molecule has 0 saturated heterocycles. The first-order valence-electron chi connectivity index (χ1n) is 7.53. The summed E-state index contributed by atoms with van der Waals surface area (Å²) in [4.78, 5) is 12.3. The van der Waals surface area contributed by atoms with Gasteiger partial charge in [-0.3, -0.25) is 9.48 Å². The van der Waals surface area contributed by atoms with Crippen molar-refractivity contribution in [3.05, 3.63) is 52.6 Å². The molecule has 0 fully saturated rings. The summed E-state index contributed by atoms with van der Waals surface area (Å²) in [6.45, 7) is 8.77. The van der Waals surface area contributed by atoms with Crippen LogP contribution in [0, 0.1) is 12.7 Å². The first-order chi connectivity index (χ1) is 10.4. The molecule has 2 rings (SSSR count). The third-order valence-corrected chi connectivity index (χ3v) is 3.60. The van der Waals surface area contributed by atoms with Gasteiger partial charge in [0.15, 0.2) is 0 Å². The molecule has 0 unspecified atom stereocenters. The van der Waals surface area contributed by atoms with Crippen LogP contribution in [0.4, 0.5) is 4.39 Å². The van der Waals surface area contributed by atoms with Crippen LogP contribution >= 0.6 is 0 Å². The Morgan fingerprint density at radius 1 is 1.36 bits per heavy atom. The van der Waals surface area contributed by atoms with Gasteiger partial charge in [0.25, 0.3) is 5.91 Å². The fraction of sp³-hybridized carbons (Fsp3) is 0.412. The zero-order chi connectivity index (χ0) is 16.3. The van der Waals surface area contributed by atoms with Gasteiger partial charge in [0.05, 0.1) is 5.69 Å². The van der Waals surface area contributed by atoms with Gasteiger partial charge >= 0.3 is 0 Å². The predicted molar refractivity (Wildman–Crippen MR) is 84.3 cm³/mol. The Kier molecular flexibility index (Phi) is 4.96. The number of halogens is 1. The van der Waals surface area contributed by atoms with Crippen molar-refractivity contribution in [3.8, 4) is 0 Å². The number of nitrogens with zero attached hydrogens (tertiary/aromatic N) is 2. The van der Waals surface area contributed by atoms with Crippen LogP contribution in [0.15, 0.2) is 24.3 Å². The molecule has 0 saturated carbocycles. The Hall–Kier alpha value is -2.17. The monoisotopic (exact) mass is 303 g/mol. The summed E-state index contributed by atoms with van der Waals surface area (Å²) < 4.78 is 14.9. The fourth-order valence-electron chi connectivity index (χ4n) is 2.23. The highest BCUT2D eigenvalue weighted by molar-refractivity contribution is 5.92. The Labute approximate surface area is 130 Å². The van der Waals surface area contributed by atoms with Gasteiger partial charge < -0.3 is 5.32 Å². The van der Waals surface area contributed by atoms with Gasteiger partial charge in [-0.15, -0.1) is 0 Å². The van der Waals surface area contributed by atoms with Crippen LogP contribution in [-0.4, -0.2) is 15.7 Å². The SMILES string of the molecule is CCn1nc(C(C)C)cc1C(=O)NCc1ccc(F)c(C)c1. The zero-order valence-corrected chi connectivity index (χ0v) is 13.5. The standard InChI is InChI=1S/C17H22FN3O/c1-5-21-16(9-15(20-21)11(2)3)17(22)19-10-13-6-7-14(18)12(4)8-13/h6-9,11H,5,10H2,1-4H3,(H,19,22). The van der Waals surface area contributed by atoms with Crippen LogP contribution in [0.3, 0.4) is 0 Å². The maximum Gasteiger partial charge on any atom is 0.269 e. The van der Waals surface area contributed by atoms with E-state index < -0.39 is 0 Å². The molecule has 1 aromatic carbocycles. The van der Waals surface area contributed by atoms with E-state index in [0.29, 0.717) is 24.3 Å². The van der Waals surface area contributed by atoms with Crippen molar-refractivity contribution in [2.24, 2.45) is 0 Å². The highest BCUT2D eigenvalue weighted by atomic mass is 19.1. The Morgan fingerprint density at radius 3 is 2.68 bits per heavy atom. The van der Waals surface area contributed by atoms with E-state index in [1.54, 1.807) is 23.7 Å². The van der Waals surface area contributed by atoms with Crippen LogP contribution in [0.25, 0.3) is 0 Å². The maximum atomic E-state index is 13.2. The van der Waals surface area contributed by atoms with Crippen LogP contribution in [0.2, 0.25) is 0 Å². The molecular formula is C17H22FN3O. The second-order valence-electron chi connectivity index (χ2n) is 5.69. The van der Waals surface area contributed by atoms with Crippen molar-refractivity contribution in [3.63, 3.8) is 0 Å². The van der Waals surface area contributed by atoms with Gasteiger partial charge in [0, 0.05) is 13.1 Å². The van der Waals surface area contributed by atoms with Crippen molar-refractivity contribution < 1.29 is 9.18 Å². The summed E-state index contributed by atoms with van der Waals surface area (Å²) >= 11 is 0. The molecule has 0 aliphatic heterocycles. The first kappa shape index (κ1) is 16.2. The Bertz CT molecular complexity index is 677. The number of carbonyl (C=O) groups is 1. The molecule has 1 N–H and O–H groups in total. The number of rotatable bonds is 5. The van der Waals surface area contributed by atoms with E-state index in [4.69, 9.17) is 0 Å². The molecule has 22 heavy (non-hydrogen) atoms. The molecule has 0 bridgehead atoms. The van der Waals surface area contributed by atoms with Gasteiger partial charge in [-0.1, -0.05) is 26.0 Å². The van der Waals surface area contributed by atoms with E-state index in [9.17, 15) is 9.18 Å². The van der Waals surface area contributed by atoms with Crippen molar-refractivity contribution >= 4 is 5.91 Å². The number of carbonyl (C=O) groups excluding carboxylic acids is 1. The van der Waals surface area contributed by atoms with Crippen molar-refractivity contribution in [1.82, 2.24) is 15.1 Å². The minimum absolute atomic E-state index is 0.164. The van der Waals surface area contributed by atoms with Crippen LogP contribution in [0.1, 0.15) is 54.0 Å². The zero-order valence-electron chi connectivity index (χ0n) is 13.5. The molecule has 0 radical (unpaired) electrons. The Morgan fingerprint density at radius 2 is 2.09 bits per heavy atom. The topological polar surface area (TPSA) is 46.9 Å². The summed E-state index contributed by atoms with van der Waals surface area (Å²) in [7, 11) is 0. The molecule has 118 valence electrons. The van der Waals surface area contributed by atoms with E-state index in [-0.39, 0.29) is 17.6 Å². The predicted octanol–water partition coefficient (Wildman–Crippen LogP) is 3.40. The molecule has 1 amide bonds. The summed E-state index contributed by atoms with van der Waals surface area (Å²) in [5.74, 6) is -0.122. The average Bonchev–Trinajstić information content (AvgIpc) is 2.92. The first-order valence-corrected chi connectivity index (χ1v) is 7.53. The lowest BCUT2D eigenvalue weighted by atomic mass is 10.1. The minimum Gasteiger partial charge on any atom is -0.347 e. The van der Waals surface area contributed by atoms with Crippen LogP contribution in [-0.2, 0) is 13.1 Å². The van der Waals surface area contributed by atoms with Crippen molar-refractivity contribution in [1.29, 1.82) is 0 Å². The molecule has 1 heterocycles. The third-order valence-electron chi connectivity index (χ3n) is 3.60. The van der Waals surface area contributed by atoms with Crippen molar-refractivity contribution in [2.75, 3.05) is 0 Å². The molecule has 2 aromatic rings. The van der Waals surface area contributed by atoms with Gasteiger partial charge in [0.1, 0.15) is 11.5 Å². The van der Waals surface area contributed by atoms with Gasteiger partial charge in [-0.05, 0) is 43.0 Å². The summed E-state index contributed by atoms with van der Waals surface area (Å²) in [5.41, 5.74) is 2.92. The largest absolute Gasteiger partial charge is 0.347 e. The average molecular weight is 303 g/mol.